The Balaban J connectivity index is 3.81. The first-order chi connectivity index (χ1) is 4.46. The van der Waals surface area contributed by atoms with Gasteiger partial charge in [0.2, 0.25) is 6.17 Å². The molecule has 61 valence electrons. The minimum absolute atomic E-state index is 0.681. The van der Waals surface area contributed by atoms with Gasteiger partial charge in [-0.15, -0.1) is 0 Å². The van der Waals surface area contributed by atoms with Crippen LogP contribution in [0.15, 0.2) is 0 Å². The summed E-state index contributed by atoms with van der Waals surface area (Å²) in [6.45, 7) is 0.681. The summed E-state index contributed by atoms with van der Waals surface area (Å²) in [5.41, 5.74) is 0. The number of alkyl halides is 3. The Bertz CT molecular complexity index is 80.0. The molecule has 0 saturated carbocycles. The number of hydrogen-bond acceptors (Lipinski definition) is 0. The van der Waals surface area contributed by atoms with Crippen LogP contribution in [0.4, 0.5) is 22.0 Å². The maximum Gasteiger partial charge on any atom is 0.346 e. The minimum Gasteiger partial charge on any atom is -0.244 e. The van der Waals surface area contributed by atoms with Crippen LogP contribution >= 0.6 is 0 Å². The first-order valence-corrected chi connectivity index (χ1v) is 2.57. The van der Waals surface area contributed by atoms with Gasteiger partial charge in [0.25, 0.3) is 0 Å². The Labute approximate surface area is 55.0 Å². The Morgan fingerprint density at radius 3 is 1.60 bits per heavy atom. The normalized spacial score (nSPS) is 20.7. The molecule has 5 heteroatoms. The van der Waals surface area contributed by atoms with Crippen LogP contribution in [0, 0.1) is 6.43 Å². The quantitative estimate of drug-likeness (QED) is 0.557. The Morgan fingerprint density at radius 1 is 1.10 bits per heavy atom. The monoisotopic (exact) mass is 161 g/mol. The van der Waals surface area contributed by atoms with Gasteiger partial charge in [0.1, 0.15) is 6.17 Å². The predicted octanol–water partition coefficient (Wildman–Crippen LogP) is 2.45. The lowest BCUT2D eigenvalue weighted by atomic mass is 10.2. The Morgan fingerprint density at radius 2 is 1.50 bits per heavy atom. The van der Waals surface area contributed by atoms with Gasteiger partial charge in [0.05, 0.1) is 0 Å². The fourth-order valence-electron chi connectivity index (χ4n) is 0.353. The highest BCUT2D eigenvalue weighted by Gasteiger charge is 2.35. The molecule has 0 bridgehead atoms. The zero-order valence-electron chi connectivity index (χ0n) is 5.12. The molecule has 0 aliphatic heterocycles. The summed E-state index contributed by atoms with van der Waals surface area (Å²) in [6.07, 6.45) is -10.8. The first kappa shape index (κ1) is 9.65. The topological polar surface area (TPSA) is 0 Å². The van der Waals surface area contributed by atoms with Crippen LogP contribution in [0.5, 0.6) is 0 Å². The molecule has 3 atom stereocenters. The van der Waals surface area contributed by atoms with Crippen molar-refractivity contribution >= 4 is 0 Å². The highest BCUT2D eigenvalue weighted by atomic mass is 19.3. The van der Waals surface area contributed by atoms with E-state index in [2.05, 4.69) is 0 Å². The summed E-state index contributed by atoms with van der Waals surface area (Å²) >= 11 is 0. The Kier molecular flexibility index (Phi) is 3.60. The summed E-state index contributed by atoms with van der Waals surface area (Å²) in [4.78, 5) is 0. The molecule has 0 aromatic heterocycles. The second-order valence-corrected chi connectivity index (χ2v) is 1.81. The zero-order valence-corrected chi connectivity index (χ0v) is 5.12. The standard InChI is InChI=1S/C5H6F5/c1-2(6)3(7)4(8)5(9)10/h2-4H,1H3. The van der Waals surface area contributed by atoms with Crippen molar-refractivity contribution in [2.45, 2.75) is 25.4 Å². The lowest BCUT2D eigenvalue weighted by molar-refractivity contribution is 0.0434. The molecule has 3 unspecified atom stereocenters. The van der Waals surface area contributed by atoms with Gasteiger partial charge in [-0.3, -0.25) is 0 Å². The molecular weight excluding hydrogens is 155 g/mol. The van der Waals surface area contributed by atoms with Gasteiger partial charge in [-0.05, 0) is 6.92 Å². The van der Waals surface area contributed by atoms with E-state index < -0.39 is 24.9 Å². The molecule has 0 fully saturated rings. The van der Waals surface area contributed by atoms with E-state index >= 15 is 0 Å². The molecule has 0 N–H and O–H groups in total. The molecule has 0 amide bonds. The molecule has 0 aliphatic carbocycles. The summed E-state index contributed by atoms with van der Waals surface area (Å²) in [7, 11) is 0. The lowest BCUT2D eigenvalue weighted by Crippen LogP contribution is -2.28. The van der Waals surface area contributed by atoms with Gasteiger partial charge in [-0.25, -0.2) is 13.2 Å². The molecule has 0 rings (SSSR count). The summed E-state index contributed by atoms with van der Waals surface area (Å²) in [5.74, 6) is 0. The Hall–Kier alpha value is -0.350. The molecule has 0 aromatic carbocycles. The van der Waals surface area contributed by atoms with E-state index in [1.54, 1.807) is 0 Å². The van der Waals surface area contributed by atoms with E-state index in [0.29, 0.717) is 6.92 Å². The van der Waals surface area contributed by atoms with Crippen LogP contribution in [0.2, 0.25) is 0 Å². The van der Waals surface area contributed by atoms with Crippen LogP contribution in [0.25, 0.3) is 0 Å². The van der Waals surface area contributed by atoms with Gasteiger partial charge in [-0.1, -0.05) is 0 Å². The van der Waals surface area contributed by atoms with E-state index in [-0.39, 0.29) is 0 Å². The van der Waals surface area contributed by atoms with Gasteiger partial charge in [-0.2, -0.15) is 8.78 Å². The van der Waals surface area contributed by atoms with Gasteiger partial charge in [0, 0.05) is 0 Å². The van der Waals surface area contributed by atoms with E-state index in [0.717, 1.165) is 0 Å². The third kappa shape index (κ3) is 2.49. The van der Waals surface area contributed by atoms with Gasteiger partial charge in [0.15, 0.2) is 6.17 Å². The summed E-state index contributed by atoms with van der Waals surface area (Å²) < 4.78 is 57.8. The van der Waals surface area contributed by atoms with Crippen LogP contribution in [0.3, 0.4) is 0 Å². The number of hydrogen-bond donors (Lipinski definition) is 0. The van der Waals surface area contributed by atoms with Crippen LogP contribution in [-0.4, -0.2) is 18.5 Å². The van der Waals surface area contributed by atoms with Crippen LogP contribution in [-0.2, 0) is 0 Å². The maximum absolute atomic E-state index is 11.9. The van der Waals surface area contributed by atoms with E-state index in [1.807, 2.05) is 0 Å². The van der Waals surface area contributed by atoms with Crippen LogP contribution < -0.4 is 0 Å². The molecule has 0 heterocycles. The second kappa shape index (κ2) is 3.73. The van der Waals surface area contributed by atoms with Crippen molar-refractivity contribution in [1.82, 2.24) is 0 Å². The van der Waals surface area contributed by atoms with Crippen molar-refractivity contribution < 1.29 is 22.0 Å². The third-order valence-corrected chi connectivity index (χ3v) is 0.927. The molecule has 1 radical (unpaired) electrons. The molecule has 0 spiro atoms. The van der Waals surface area contributed by atoms with Gasteiger partial charge < -0.3 is 0 Å². The number of halogens is 5. The molecular formula is C5H6F5. The van der Waals surface area contributed by atoms with Crippen molar-refractivity contribution in [2.75, 3.05) is 0 Å². The maximum atomic E-state index is 11.9. The van der Waals surface area contributed by atoms with Crippen molar-refractivity contribution in [1.29, 1.82) is 0 Å². The average molecular weight is 161 g/mol. The highest BCUT2D eigenvalue weighted by Crippen LogP contribution is 2.22. The van der Waals surface area contributed by atoms with Crippen LogP contribution in [0.1, 0.15) is 6.92 Å². The minimum atomic E-state index is -3.10. The van der Waals surface area contributed by atoms with E-state index in [9.17, 15) is 22.0 Å². The summed E-state index contributed by atoms with van der Waals surface area (Å²) in [6, 6.07) is 0. The third-order valence-electron chi connectivity index (χ3n) is 0.927. The fraction of sp³-hybridized carbons (Fsp3) is 0.800. The molecule has 0 aliphatic rings. The van der Waals surface area contributed by atoms with Crippen molar-refractivity contribution in [3.05, 3.63) is 6.43 Å². The SMILES string of the molecule is CC(F)C(F)C(F)[C](F)F. The van der Waals surface area contributed by atoms with Crippen molar-refractivity contribution in [3.8, 4) is 0 Å². The van der Waals surface area contributed by atoms with Crippen molar-refractivity contribution in [3.63, 3.8) is 0 Å². The second-order valence-electron chi connectivity index (χ2n) is 1.81. The highest BCUT2D eigenvalue weighted by molar-refractivity contribution is 4.84. The smallest absolute Gasteiger partial charge is 0.244 e. The van der Waals surface area contributed by atoms with Gasteiger partial charge >= 0.3 is 6.43 Å². The largest absolute Gasteiger partial charge is 0.346 e. The molecule has 10 heavy (non-hydrogen) atoms. The van der Waals surface area contributed by atoms with E-state index in [4.69, 9.17) is 0 Å². The molecule has 0 aromatic rings. The fourth-order valence-corrected chi connectivity index (χ4v) is 0.353. The van der Waals surface area contributed by atoms with E-state index in [1.165, 1.54) is 0 Å². The average Bonchev–Trinajstić information content (AvgIpc) is 1.84. The predicted molar refractivity (Wildman–Crippen MR) is 25.8 cm³/mol. The zero-order chi connectivity index (χ0) is 8.31. The summed E-state index contributed by atoms with van der Waals surface area (Å²) in [5, 5.41) is 0. The molecule has 0 saturated heterocycles. The lowest BCUT2D eigenvalue weighted by Gasteiger charge is -2.11. The number of rotatable bonds is 3. The van der Waals surface area contributed by atoms with Crippen molar-refractivity contribution in [2.24, 2.45) is 0 Å². The molecule has 0 nitrogen and oxygen atoms in total. The first-order valence-electron chi connectivity index (χ1n) is 2.57.